The number of carbonyl (C=O) groups excluding carboxylic acids is 2. The maximum atomic E-state index is 13.4. The predicted molar refractivity (Wildman–Crippen MR) is 196 cm³/mol. The number of carbonyl (C=O) groups is 2. The van der Waals surface area contributed by atoms with Crippen LogP contribution in [0, 0.1) is 13.8 Å². The van der Waals surface area contributed by atoms with Crippen LogP contribution in [-0.4, -0.2) is 66.0 Å². The number of aromatic amines is 1. The highest BCUT2D eigenvalue weighted by molar-refractivity contribution is 7.69. The number of nitrogens with one attached hydrogen (secondary N) is 1. The summed E-state index contributed by atoms with van der Waals surface area (Å²) in [6.07, 6.45) is -6.19. The van der Waals surface area contributed by atoms with E-state index in [-0.39, 0.29) is 11.1 Å². The summed E-state index contributed by atoms with van der Waals surface area (Å²) in [5.74, 6) is -2.06. The molecule has 4 aromatic rings. The molecule has 5 rings (SSSR count). The SMILES string of the molecule is Cc1cccc(C(=O)OC2C(COP(=O)(O)OP(=O)(O)OP(=O)(O)OP(=O)(O)OCc3ccccc3)OC(n3ccc(=O)[nH]c3=O)C2OC(=O)c2cccc(C)c2)c1. The van der Waals surface area contributed by atoms with Crippen molar-refractivity contribution < 1.29 is 83.6 Å². The van der Waals surface area contributed by atoms with Gasteiger partial charge in [0.1, 0.15) is 6.10 Å². The van der Waals surface area contributed by atoms with Crippen LogP contribution < -0.4 is 11.2 Å². The van der Waals surface area contributed by atoms with Crippen LogP contribution in [0.5, 0.6) is 0 Å². The Hall–Kier alpha value is -4.20. The largest absolute Gasteiger partial charge is 0.490 e. The van der Waals surface area contributed by atoms with E-state index in [9.17, 15) is 57.0 Å². The van der Waals surface area contributed by atoms with Crippen molar-refractivity contribution in [1.29, 1.82) is 0 Å². The Balaban J connectivity index is 1.38. The zero-order valence-electron chi connectivity index (χ0n) is 29.9. The molecule has 1 aliphatic rings. The number of benzene rings is 3. The molecule has 0 radical (unpaired) electrons. The minimum absolute atomic E-state index is 0.00782. The van der Waals surface area contributed by atoms with Gasteiger partial charge in [-0.2, -0.15) is 12.9 Å². The normalized spacial score (nSPS) is 22.1. The smallest absolute Gasteiger partial charge is 0.452 e. The number of ether oxygens (including phenoxy) is 3. The van der Waals surface area contributed by atoms with Gasteiger partial charge in [-0.25, -0.2) is 32.6 Å². The molecule has 3 aromatic carbocycles. The molecule has 1 aliphatic heterocycles. The van der Waals surface area contributed by atoms with Gasteiger partial charge >= 0.3 is 48.9 Å². The lowest BCUT2D eigenvalue weighted by atomic mass is 10.1. The van der Waals surface area contributed by atoms with Gasteiger partial charge in [-0.1, -0.05) is 65.7 Å². The Morgan fingerprint density at radius 2 is 1.21 bits per heavy atom. The van der Waals surface area contributed by atoms with Crippen molar-refractivity contribution in [1.82, 2.24) is 9.55 Å². The molecule has 312 valence electrons. The maximum Gasteiger partial charge on any atom is 0.490 e. The lowest BCUT2D eigenvalue weighted by Gasteiger charge is -2.25. The molecule has 58 heavy (non-hydrogen) atoms. The summed E-state index contributed by atoms with van der Waals surface area (Å²) >= 11 is 0. The highest BCUT2D eigenvalue weighted by atomic mass is 31.3. The van der Waals surface area contributed by atoms with Crippen molar-refractivity contribution >= 4 is 43.2 Å². The van der Waals surface area contributed by atoms with Crippen molar-refractivity contribution in [3.05, 3.63) is 140 Å². The van der Waals surface area contributed by atoms with Crippen molar-refractivity contribution in [2.24, 2.45) is 0 Å². The Labute approximate surface area is 327 Å². The van der Waals surface area contributed by atoms with E-state index in [1.165, 1.54) is 42.5 Å². The fourth-order valence-electron chi connectivity index (χ4n) is 5.26. The number of phosphoric acid groups is 4. The summed E-state index contributed by atoms with van der Waals surface area (Å²) in [6, 6.07) is 20.6. The highest BCUT2D eigenvalue weighted by Gasteiger charge is 2.53. The number of esters is 2. The maximum absolute atomic E-state index is 13.4. The number of nitrogens with zero attached hydrogens (tertiary/aromatic N) is 1. The van der Waals surface area contributed by atoms with E-state index in [4.69, 9.17) is 18.7 Å². The first kappa shape index (κ1) is 44.9. The predicted octanol–water partition coefficient (Wildman–Crippen LogP) is 4.19. The van der Waals surface area contributed by atoms with E-state index < -0.39 is 92.2 Å². The number of hydrogen-bond donors (Lipinski definition) is 5. The minimum atomic E-state index is -6.22. The van der Waals surface area contributed by atoms with E-state index in [0.717, 1.165) is 16.8 Å². The summed E-state index contributed by atoms with van der Waals surface area (Å²) in [5.41, 5.74) is -0.343. The number of rotatable bonds is 17. The van der Waals surface area contributed by atoms with Gasteiger partial charge in [-0.15, -0.1) is 0 Å². The molecule has 1 saturated heterocycles. The lowest BCUT2D eigenvalue weighted by molar-refractivity contribution is -0.0597. The summed E-state index contributed by atoms with van der Waals surface area (Å²) in [5, 5.41) is 0. The fourth-order valence-corrected chi connectivity index (χ4v) is 10.2. The molecular weight excluding hydrogens is 856 g/mol. The van der Waals surface area contributed by atoms with Crippen molar-refractivity contribution in [3.8, 4) is 0 Å². The van der Waals surface area contributed by atoms with Gasteiger partial charge < -0.3 is 33.8 Å². The van der Waals surface area contributed by atoms with Gasteiger partial charge in [-0.3, -0.25) is 23.4 Å². The average Bonchev–Trinajstić information content (AvgIpc) is 3.44. The summed E-state index contributed by atoms with van der Waals surface area (Å²) < 4.78 is 89.5. The number of phosphoric ester groups is 2. The number of H-pyrrole nitrogens is 1. The molecule has 0 spiro atoms. The Morgan fingerprint density at radius 1 is 0.690 bits per heavy atom. The quantitative estimate of drug-likeness (QED) is 0.0733. The molecule has 0 amide bonds. The lowest BCUT2D eigenvalue weighted by Crippen LogP contribution is -2.42. The summed E-state index contributed by atoms with van der Waals surface area (Å²) in [6.45, 7) is 1.49. The van der Waals surface area contributed by atoms with Crippen LogP contribution in [0.25, 0.3) is 0 Å². The molecule has 26 heteroatoms. The molecule has 1 aromatic heterocycles. The van der Waals surface area contributed by atoms with Crippen LogP contribution in [0.2, 0.25) is 0 Å². The topological polar surface area (TPSA) is 312 Å². The number of hydrogen-bond acceptors (Lipinski definition) is 16. The third kappa shape index (κ3) is 12.6. The molecule has 8 atom stereocenters. The molecule has 0 bridgehead atoms. The summed E-state index contributed by atoms with van der Waals surface area (Å²) in [7, 11) is -23.7. The minimum Gasteiger partial charge on any atom is -0.452 e. The van der Waals surface area contributed by atoms with Gasteiger partial charge in [0, 0.05) is 12.3 Å². The first-order valence-corrected chi connectivity index (χ1v) is 22.4. The Morgan fingerprint density at radius 3 is 1.74 bits per heavy atom. The van der Waals surface area contributed by atoms with Gasteiger partial charge in [-0.05, 0) is 43.7 Å². The van der Waals surface area contributed by atoms with E-state index in [2.05, 4.69) is 17.5 Å². The third-order valence-electron chi connectivity index (χ3n) is 7.66. The second-order valence-electron chi connectivity index (χ2n) is 12.2. The molecule has 0 saturated carbocycles. The molecule has 2 heterocycles. The second-order valence-corrected chi connectivity index (χ2v) is 18.5. The van der Waals surface area contributed by atoms with Gasteiger partial charge in [0.15, 0.2) is 18.4 Å². The first-order chi connectivity index (χ1) is 27.1. The highest BCUT2D eigenvalue weighted by Crippen LogP contribution is 2.71. The molecular formula is C32H34N2O20P4. The number of aryl methyl sites for hydroxylation is 2. The van der Waals surface area contributed by atoms with Crippen molar-refractivity contribution in [3.63, 3.8) is 0 Å². The first-order valence-electron chi connectivity index (χ1n) is 16.4. The van der Waals surface area contributed by atoms with E-state index in [1.807, 2.05) is 4.98 Å². The van der Waals surface area contributed by atoms with Gasteiger partial charge in [0.25, 0.3) is 5.56 Å². The van der Waals surface area contributed by atoms with E-state index in [1.54, 1.807) is 50.2 Å². The average molecular weight is 891 g/mol. The van der Waals surface area contributed by atoms with Crippen molar-refractivity contribution in [2.45, 2.75) is 45.0 Å². The Kier molecular flexibility index (Phi) is 14.2. The monoisotopic (exact) mass is 890 g/mol. The van der Waals surface area contributed by atoms with Gasteiger partial charge in [0.2, 0.25) is 0 Å². The molecule has 8 unspecified atom stereocenters. The van der Waals surface area contributed by atoms with Crippen molar-refractivity contribution in [2.75, 3.05) is 6.61 Å². The third-order valence-corrected chi connectivity index (χ3v) is 13.5. The van der Waals surface area contributed by atoms with E-state index in [0.29, 0.717) is 16.7 Å². The number of aromatic nitrogens is 2. The van der Waals surface area contributed by atoms with Crippen LogP contribution in [0.15, 0.2) is 101 Å². The van der Waals surface area contributed by atoms with Crippen LogP contribution in [0.3, 0.4) is 0 Å². The van der Waals surface area contributed by atoms with Gasteiger partial charge in [0.05, 0.1) is 24.3 Å². The van der Waals surface area contributed by atoms with Crippen LogP contribution >= 0.6 is 31.3 Å². The molecule has 5 N–H and O–H groups in total. The molecule has 0 aliphatic carbocycles. The summed E-state index contributed by atoms with van der Waals surface area (Å²) in [4.78, 5) is 93.8. The zero-order valence-corrected chi connectivity index (χ0v) is 33.5. The van der Waals surface area contributed by atoms with E-state index >= 15 is 0 Å². The molecule has 1 fully saturated rings. The van der Waals surface area contributed by atoms with Crippen LogP contribution in [0.4, 0.5) is 0 Å². The standard InChI is InChI=1S/C32H34N2O20P4/c1-20-8-6-12-23(16-20)30(36)50-27-25(49-29(34-15-14-26(35)33-32(34)38)28(27)51-31(37)24-13-7-9-21(2)17-24)19-48-56(41,42)53-58(45,46)54-57(43,44)52-55(39,40)47-18-22-10-4-3-5-11-22/h3-17,25,27-29H,18-19H2,1-2H3,(H,39,40)(H,41,42)(H,43,44)(H,45,46)(H,33,35,38). The zero-order chi connectivity index (χ0) is 42.5. The second kappa shape index (κ2) is 18.4. The van der Waals surface area contributed by atoms with Crippen LogP contribution in [-0.2, 0) is 61.1 Å². The molecule has 22 nitrogen and oxygen atoms in total. The fraction of sp³-hybridized carbons (Fsp3) is 0.250. The Bertz CT molecular complexity index is 2460. The van der Waals surface area contributed by atoms with Crippen LogP contribution in [0.1, 0.15) is 43.6 Å².